The van der Waals surface area contributed by atoms with Gasteiger partial charge in [0, 0.05) is 38.4 Å². The first-order chi connectivity index (χ1) is 13.5. The lowest BCUT2D eigenvalue weighted by Crippen LogP contribution is -2.35. The number of carbonyl (C=O) groups is 2. The van der Waals surface area contributed by atoms with E-state index in [0.717, 1.165) is 25.1 Å². The molecule has 7 heteroatoms. The summed E-state index contributed by atoms with van der Waals surface area (Å²) in [6, 6.07) is 6.32. The summed E-state index contributed by atoms with van der Waals surface area (Å²) in [7, 11) is 0. The van der Waals surface area contributed by atoms with Crippen LogP contribution in [-0.4, -0.2) is 36.2 Å². The lowest BCUT2D eigenvalue weighted by Gasteiger charge is -2.29. The van der Waals surface area contributed by atoms with Gasteiger partial charge in [0.1, 0.15) is 17.3 Å². The molecule has 0 spiro atoms. The maximum absolute atomic E-state index is 13.9. The van der Waals surface area contributed by atoms with E-state index in [2.05, 4.69) is 5.32 Å². The molecule has 3 atom stereocenters. The molecule has 2 aliphatic heterocycles. The number of furan rings is 1. The molecule has 1 amide bonds. The number of nitrogens with one attached hydrogen (secondary N) is 1. The number of benzene rings is 1. The highest BCUT2D eigenvalue weighted by molar-refractivity contribution is 6.10. The van der Waals surface area contributed by atoms with Crippen molar-refractivity contribution in [2.45, 2.75) is 32.2 Å². The summed E-state index contributed by atoms with van der Waals surface area (Å²) in [5, 5.41) is 3.40. The molecule has 1 aromatic heterocycles. The Bertz CT molecular complexity index is 973. The number of halogens is 2. The Hall–Kier alpha value is -2.18. The molecule has 2 saturated heterocycles. The summed E-state index contributed by atoms with van der Waals surface area (Å²) in [4.78, 5) is 28.0. The van der Waals surface area contributed by atoms with Crippen molar-refractivity contribution in [1.82, 2.24) is 10.2 Å². The van der Waals surface area contributed by atoms with E-state index in [1.54, 1.807) is 13.0 Å². The first-order valence-corrected chi connectivity index (χ1v) is 9.97. The summed E-state index contributed by atoms with van der Waals surface area (Å²) < 4.78 is 19.7. The highest BCUT2D eigenvalue weighted by Gasteiger charge is 2.48. The van der Waals surface area contributed by atoms with Crippen LogP contribution in [0.3, 0.4) is 0 Å². The summed E-state index contributed by atoms with van der Waals surface area (Å²) in [6.07, 6.45) is 1.91. The maximum Gasteiger partial charge on any atom is 0.258 e. The van der Waals surface area contributed by atoms with Crippen LogP contribution in [0.25, 0.3) is 0 Å². The number of fused-ring (bicyclic) bond motifs is 2. The second-order valence-corrected chi connectivity index (χ2v) is 8.15. The monoisotopic (exact) mass is 418 g/mol. The summed E-state index contributed by atoms with van der Waals surface area (Å²) in [5.41, 5.74) is 1.70. The fourth-order valence-corrected chi connectivity index (χ4v) is 5.26. The minimum Gasteiger partial charge on any atom is -0.465 e. The van der Waals surface area contributed by atoms with E-state index in [4.69, 9.17) is 4.42 Å². The van der Waals surface area contributed by atoms with Gasteiger partial charge in [-0.05, 0) is 37.0 Å². The molecular formula is C22H24ClFN2O3. The molecule has 3 heterocycles. The Balaban J connectivity index is 0.00000205. The zero-order chi connectivity index (χ0) is 19.4. The average Bonchev–Trinajstić information content (AvgIpc) is 3.33. The van der Waals surface area contributed by atoms with Crippen molar-refractivity contribution in [3.05, 3.63) is 58.3 Å². The van der Waals surface area contributed by atoms with Crippen LogP contribution < -0.4 is 5.32 Å². The van der Waals surface area contributed by atoms with Crippen molar-refractivity contribution in [3.63, 3.8) is 0 Å². The normalized spacial score (nSPS) is 25.5. The summed E-state index contributed by atoms with van der Waals surface area (Å²) in [5.74, 6) is 1.25. The van der Waals surface area contributed by atoms with Crippen LogP contribution in [0.1, 0.15) is 56.7 Å². The largest absolute Gasteiger partial charge is 0.465 e. The van der Waals surface area contributed by atoms with E-state index in [1.165, 1.54) is 12.1 Å². The minimum absolute atomic E-state index is 0. The Labute approximate surface area is 175 Å². The van der Waals surface area contributed by atoms with Crippen molar-refractivity contribution in [2.24, 2.45) is 11.8 Å². The van der Waals surface area contributed by atoms with Crippen molar-refractivity contribution in [2.75, 3.05) is 19.6 Å². The van der Waals surface area contributed by atoms with Gasteiger partial charge in [0.05, 0.1) is 17.2 Å². The van der Waals surface area contributed by atoms with Crippen molar-refractivity contribution in [1.29, 1.82) is 0 Å². The molecule has 29 heavy (non-hydrogen) atoms. The van der Waals surface area contributed by atoms with Crippen LogP contribution in [0.15, 0.2) is 28.7 Å². The predicted octanol–water partition coefficient (Wildman–Crippen LogP) is 3.70. The van der Waals surface area contributed by atoms with Gasteiger partial charge >= 0.3 is 0 Å². The predicted molar refractivity (Wildman–Crippen MR) is 108 cm³/mol. The smallest absolute Gasteiger partial charge is 0.258 e. The highest BCUT2D eigenvalue weighted by atomic mass is 35.5. The molecule has 5 rings (SSSR count). The number of Topliss-reactive ketones (excluding diaryl/α,β-unsaturated/α-hetero) is 1. The first-order valence-electron chi connectivity index (χ1n) is 9.97. The molecular weight excluding hydrogens is 395 g/mol. The molecule has 0 radical (unpaired) electrons. The first kappa shape index (κ1) is 20.1. The third kappa shape index (κ3) is 3.19. The Morgan fingerprint density at radius 2 is 2.10 bits per heavy atom. The van der Waals surface area contributed by atoms with E-state index >= 15 is 0 Å². The molecule has 1 N–H and O–H groups in total. The number of ketones is 1. The van der Waals surface area contributed by atoms with Gasteiger partial charge in [-0.25, -0.2) is 4.39 Å². The lowest BCUT2D eigenvalue weighted by atomic mass is 9.89. The molecule has 0 unspecified atom stereocenters. The third-order valence-electron chi connectivity index (χ3n) is 6.47. The highest BCUT2D eigenvalue weighted by Crippen LogP contribution is 2.44. The van der Waals surface area contributed by atoms with Crippen LogP contribution in [0.5, 0.6) is 0 Å². The van der Waals surface area contributed by atoms with Crippen LogP contribution in [-0.2, 0) is 6.42 Å². The molecule has 2 fully saturated rings. The number of carbonyl (C=O) groups excluding carboxylic acids is 2. The number of nitrogens with zero attached hydrogens (tertiary/aromatic N) is 1. The van der Waals surface area contributed by atoms with Gasteiger partial charge in [0.2, 0.25) is 0 Å². The van der Waals surface area contributed by atoms with Crippen LogP contribution in [0.2, 0.25) is 0 Å². The standard InChI is InChI=1S/C22H23FN2O3.ClH/c1-12-19(20-17(26)6-3-7-18(20)28-12)22(27)25-11-14-9-24-10-16(14)21(25)13-4-2-5-15(23)8-13;/h2,4-5,8,14,16,21,24H,3,6-7,9-11H2,1H3;1H/t14-,16-,21-;/m0./s1. The van der Waals surface area contributed by atoms with Gasteiger partial charge in [-0.1, -0.05) is 12.1 Å². The van der Waals surface area contributed by atoms with E-state index < -0.39 is 0 Å². The zero-order valence-electron chi connectivity index (χ0n) is 16.2. The number of rotatable bonds is 2. The van der Waals surface area contributed by atoms with Gasteiger partial charge in [0.15, 0.2) is 5.78 Å². The maximum atomic E-state index is 13.9. The SMILES string of the molecule is Cc1oc2c(c1C(=O)N1C[C@@H]3CNC[C@@H]3[C@@H]1c1cccc(F)c1)C(=O)CCC2.Cl. The van der Waals surface area contributed by atoms with Gasteiger partial charge in [-0.15, -0.1) is 12.4 Å². The Kier molecular flexibility index (Phi) is 5.25. The third-order valence-corrected chi connectivity index (χ3v) is 6.47. The van der Waals surface area contributed by atoms with Crippen molar-refractivity contribution >= 4 is 24.1 Å². The van der Waals surface area contributed by atoms with E-state index in [9.17, 15) is 14.0 Å². The molecule has 2 aromatic rings. The molecule has 1 aliphatic carbocycles. The second kappa shape index (κ2) is 7.58. The Morgan fingerprint density at radius 1 is 1.28 bits per heavy atom. The van der Waals surface area contributed by atoms with Crippen LogP contribution >= 0.6 is 12.4 Å². The van der Waals surface area contributed by atoms with Crippen molar-refractivity contribution in [3.8, 4) is 0 Å². The molecule has 3 aliphatic rings. The number of hydrogen-bond acceptors (Lipinski definition) is 4. The second-order valence-electron chi connectivity index (χ2n) is 8.15. The number of aryl methyl sites for hydroxylation is 2. The number of hydrogen-bond donors (Lipinski definition) is 1. The van der Waals surface area contributed by atoms with Gasteiger partial charge < -0.3 is 14.6 Å². The van der Waals surface area contributed by atoms with Crippen LogP contribution in [0, 0.1) is 24.6 Å². The van der Waals surface area contributed by atoms with E-state index in [0.29, 0.717) is 48.0 Å². The number of amides is 1. The van der Waals surface area contributed by atoms with Gasteiger partial charge in [0.25, 0.3) is 5.91 Å². The van der Waals surface area contributed by atoms with E-state index in [1.807, 2.05) is 11.0 Å². The fraction of sp³-hybridized carbons (Fsp3) is 0.455. The quantitative estimate of drug-likeness (QED) is 0.807. The summed E-state index contributed by atoms with van der Waals surface area (Å²) in [6.45, 7) is 4.01. The molecule has 5 nitrogen and oxygen atoms in total. The lowest BCUT2D eigenvalue weighted by molar-refractivity contribution is 0.0707. The fourth-order valence-electron chi connectivity index (χ4n) is 5.26. The number of likely N-dealkylation sites (tertiary alicyclic amines) is 1. The molecule has 0 bridgehead atoms. The minimum atomic E-state index is -0.300. The van der Waals surface area contributed by atoms with Crippen molar-refractivity contribution < 1.29 is 18.4 Å². The zero-order valence-corrected chi connectivity index (χ0v) is 17.1. The van der Waals surface area contributed by atoms with Gasteiger partial charge in [-0.3, -0.25) is 9.59 Å². The molecule has 1 aromatic carbocycles. The average molecular weight is 419 g/mol. The van der Waals surface area contributed by atoms with Crippen LogP contribution in [0.4, 0.5) is 4.39 Å². The summed E-state index contributed by atoms with van der Waals surface area (Å²) >= 11 is 0. The van der Waals surface area contributed by atoms with E-state index in [-0.39, 0.29) is 41.9 Å². The topological polar surface area (TPSA) is 62.6 Å². The molecule has 154 valence electrons. The van der Waals surface area contributed by atoms with Gasteiger partial charge in [-0.2, -0.15) is 0 Å². The Morgan fingerprint density at radius 3 is 2.90 bits per heavy atom. The molecule has 0 saturated carbocycles.